The van der Waals surface area contributed by atoms with E-state index in [2.05, 4.69) is 15.6 Å². The van der Waals surface area contributed by atoms with Gasteiger partial charge in [-0.25, -0.2) is 4.68 Å². The molecule has 11 nitrogen and oxygen atoms in total. The molecule has 0 bridgehead atoms. The number of hydrogen-bond acceptors (Lipinski definition) is 9. The molecule has 196 valence electrons. The van der Waals surface area contributed by atoms with E-state index >= 15 is 0 Å². The van der Waals surface area contributed by atoms with Crippen LogP contribution in [-0.2, 0) is 35.1 Å². The molecule has 1 saturated heterocycles. The van der Waals surface area contributed by atoms with Crippen LogP contribution < -0.4 is 10.1 Å². The van der Waals surface area contributed by atoms with E-state index in [0.717, 1.165) is 22.1 Å². The Morgan fingerprint density at radius 1 is 1.05 bits per heavy atom. The van der Waals surface area contributed by atoms with E-state index in [4.69, 9.17) is 18.9 Å². The van der Waals surface area contributed by atoms with Crippen molar-refractivity contribution in [3.05, 3.63) is 42.6 Å². The van der Waals surface area contributed by atoms with Crippen molar-refractivity contribution in [2.24, 2.45) is 0 Å². The van der Waals surface area contributed by atoms with Crippen LogP contribution in [0.5, 0.6) is 5.75 Å². The van der Waals surface area contributed by atoms with E-state index in [-0.39, 0.29) is 12.5 Å². The van der Waals surface area contributed by atoms with Gasteiger partial charge in [0.1, 0.15) is 17.5 Å². The first-order chi connectivity index (χ1) is 17.7. The van der Waals surface area contributed by atoms with Gasteiger partial charge in [-0.3, -0.25) is 14.4 Å². The van der Waals surface area contributed by atoms with Crippen molar-refractivity contribution in [2.75, 3.05) is 7.11 Å². The summed E-state index contributed by atoms with van der Waals surface area (Å²) in [6, 6.07) is 11.1. The molecule has 11 heteroatoms. The van der Waals surface area contributed by atoms with Crippen LogP contribution in [0, 0.1) is 0 Å². The normalized spacial score (nSPS) is 23.3. The number of methoxy groups -OCH3 is 1. The Kier molecular flexibility index (Phi) is 7.72. The quantitative estimate of drug-likeness (QED) is 0.476. The highest BCUT2D eigenvalue weighted by molar-refractivity contribution is 5.92. The lowest BCUT2D eigenvalue weighted by Crippen LogP contribution is -2.65. The van der Waals surface area contributed by atoms with Crippen molar-refractivity contribution in [1.82, 2.24) is 20.3 Å². The van der Waals surface area contributed by atoms with Gasteiger partial charge in [0.2, 0.25) is 5.91 Å². The molecule has 0 saturated carbocycles. The second kappa shape index (κ2) is 11.0. The van der Waals surface area contributed by atoms with E-state index in [1.165, 1.54) is 20.8 Å². The van der Waals surface area contributed by atoms with Crippen LogP contribution >= 0.6 is 0 Å². The highest BCUT2D eigenvalue weighted by Gasteiger charge is 2.49. The van der Waals surface area contributed by atoms with Crippen molar-refractivity contribution < 1.29 is 33.3 Å². The number of hydrogen-bond donors (Lipinski definition) is 1. The lowest BCUT2D eigenvalue weighted by atomic mass is 9.92. The molecule has 1 aromatic heterocycles. The highest BCUT2D eigenvalue weighted by atomic mass is 16.6. The molecule has 4 rings (SSSR count). The van der Waals surface area contributed by atoms with E-state index in [1.54, 1.807) is 24.9 Å². The molecular formula is C26H30N4O7. The third-order valence-corrected chi connectivity index (χ3v) is 6.16. The van der Waals surface area contributed by atoms with Gasteiger partial charge in [0.15, 0.2) is 12.2 Å². The fourth-order valence-electron chi connectivity index (χ4n) is 4.67. The van der Waals surface area contributed by atoms with Gasteiger partial charge in [-0.15, -0.1) is 5.10 Å². The SMILES string of the molecule is COc1cc(-c2cn(CC3OC(C)C(NC(C)=O)C(OC(C)=O)C3OC(C)=O)nn2)cc2ccccc12. The maximum Gasteiger partial charge on any atom is 0.303 e. The second-order valence-electron chi connectivity index (χ2n) is 8.98. The zero-order valence-corrected chi connectivity index (χ0v) is 21.3. The minimum atomic E-state index is -0.983. The fraction of sp³-hybridized carbons (Fsp3) is 0.423. The van der Waals surface area contributed by atoms with Gasteiger partial charge in [0, 0.05) is 31.7 Å². The molecule has 5 unspecified atom stereocenters. The molecular weight excluding hydrogens is 480 g/mol. The van der Waals surface area contributed by atoms with Crippen molar-refractivity contribution in [1.29, 1.82) is 0 Å². The zero-order chi connectivity index (χ0) is 26.7. The third-order valence-electron chi connectivity index (χ3n) is 6.16. The summed E-state index contributed by atoms with van der Waals surface area (Å²) >= 11 is 0. The van der Waals surface area contributed by atoms with Crippen LogP contribution in [0.4, 0.5) is 0 Å². The first kappa shape index (κ1) is 26.1. The molecule has 0 radical (unpaired) electrons. The Labute approximate surface area is 214 Å². The lowest BCUT2D eigenvalue weighted by molar-refractivity contribution is -0.215. The maximum atomic E-state index is 12.0. The molecule has 0 aliphatic carbocycles. The van der Waals surface area contributed by atoms with Crippen molar-refractivity contribution in [3.63, 3.8) is 0 Å². The highest BCUT2D eigenvalue weighted by Crippen LogP contribution is 2.32. The van der Waals surface area contributed by atoms with Crippen LogP contribution in [0.3, 0.4) is 0 Å². The first-order valence-corrected chi connectivity index (χ1v) is 11.9. The molecule has 1 aliphatic rings. The summed E-state index contributed by atoms with van der Waals surface area (Å²) in [6.07, 6.45) is -1.45. The van der Waals surface area contributed by atoms with Crippen LogP contribution in [0.1, 0.15) is 27.7 Å². The number of esters is 2. The maximum absolute atomic E-state index is 12.0. The predicted octanol–water partition coefficient (Wildman–Crippen LogP) is 2.26. The van der Waals surface area contributed by atoms with Gasteiger partial charge in [0.25, 0.3) is 0 Å². The number of carbonyl (C=O) groups is 3. The lowest BCUT2D eigenvalue weighted by Gasteiger charge is -2.44. The number of carbonyl (C=O) groups excluding carboxylic acids is 3. The summed E-state index contributed by atoms with van der Waals surface area (Å²) in [6.45, 7) is 5.77. The summed E-state index contributed by atoms with van der Waals surface area (Å²) in [5, 5.41) is 13.3. The Morgan fingerprint density at radius 2 is 1.76 bits per heavy atom. The van der Waals surface area contributed by atoms with Crippen molar-refractivity contribution >= 4 is 28.6 Å². The first-order valence-electron chi connectivity index (χ1n) is 11.9. The molecule has 1 amide bonds. The van der Waals surface area contributed by atoms with E-state index < -0.39 is 42.4 Å². The van der Waals surface area contributed by atoms with Gasteiger partial charge < -0.3 is 24.3 Å². The Morgan fingerprint density at radius 3 is 2.43 bits per heavy atom. The van der Waals surface area contributed by atoms with Gasteiger partial charge in [-0.05, 0) is 24.4 Å². The van der Waals surface area contributed by atoms with Gasteiger partial charge in [-0.1, -0.05) is 29.5 Å². The number of fused-ring (bicyclic) bond motifs is 1. The Balaban J connectivity index is 1.63. The molecule has 3 aromatic rings. The molecule has 2 aromatic carbocycles. The topological polar surface area (TPSA) is 131 Å². The van der Waals surface area contributed by atoms with Gasteiger partial charge in [0.05, 0.1) is 32.0 Å². The Hall–Kier alpha value is -3.99. The smallest absolute Gasteiger partial charge is 0.303 e. The van der Waals surface area contributed by atoms with E-state index in [1.807, 2.05) is 36.4 Å². The summed E-state index contributed by atoms with van der Waals surface area (Å²) < 4.78 is 24.4. The predicted molar refractivity (Wildman–Crippen MR) is 133 cm³/mol. The number of benzene rings is 2. The molecule has 1 fully saturated rings. The zero-order valence-electron chi connectivity index (χ0n) is 21.3. The summed E-state index contributed by atoms with van der Waals surface area (Å²) in [7, 11) is 1.62. The monoisotopic (exact) mass is 510 g/mol. The Bertz CT molecular complexity index is 1310. The molecule has 1 N–H and O–H groups in total. The average molecular weight is 511 g/mol. The summed E-state index contributed by atoms with van der Waals surface area (Å²) in [5.41, 5.74) is 1.43. The molecule has 37 heavy (non-hydrogen) atoms. The van der Waals surface area contributed by atoms with Crippen LogP contribution in [0.2, 0.25) is 0 Å². The van der Waals surface area contributed by atoms with Crippen LogP contribution in [0.15, 0.2) is 42.6 Å². The minimum absolute atomic E-state index is 0.157. The standard InChI is InChI=1S/C26H30N4O7/c1-14-24(27-15(2)31)26(37-17(4)33)25(36-16(3)32)23(35-14)13-30-12-21(28-29-30)19-10-18-8-6-7-9-20(18)22(11-19)34-5/h6-12,14,23-26H,13H2,1-5H3,(H,27,31). The summed E-state index contributed by atoms with van der Waals surface area (Å²) in [4.78, 5) is 35.7. The molecule has 2 heterocycles. The fourth-order valence-corrected chi connectivity index (χ4v) is 4.67. The third kappa shape index (κ3) is 5.88. The number of amides is 1. The number of ether oxygens (including phenoxy) is 4. The second-order valence-corrected chi connectivity index (χ2v) is 8.98. The van der Waals surface area contributed by atoms with Crippen molar-refractivity contribution in [2.45, 2.75) is 64.7 Å². The van der Waals surface area contributed by atoms with Crippen molar-refractivity contribution in [3.8, 4) is 17.0 Å². The molecule has 0 spiro atoms. The summed E-state index contributed by atoms with van der Waals surface area (Å²) in [5.74, 6) is -0.757. The largest absolute Gasteiger partial charge is 0.496 e. The molecule has 5 atom stereocenters. The average Bonchev–Trinajstić information content (AvgIpc) is 3.31. The number of nitrogens with zero attached hydrogens (tertiary/aromatic N) is 3. The van der Waals surface area contributed by atoms with Gasteiger partial charge >= 0.3 is 11.9 Å². The van der Waals surface area contributed by atoms with Crippen LogP contribution in [-0.4, -0.2) is 70.4 Å². The number of aromatic nitrogens is 3. The van der Waals surface area contributed by atoms with Crippen LogP contribution in [0.25, 0.3) is 22.0 Å². The number of rotatable bonds is 7. The molecule has 1 aliphatic heterocycles. The minimum Gasteiger partial charge on any atom is -0.496 e. The van der Waals surface area contributed by atoms with Gasteiger partial charge in [-0.2, -0.15) is 0 Å². The number of nitrogens with one attached hydrogen (secondary N) is 1. The van der Waals surface area contributed by atoms with E-state index in [0.29, 0.717) is 5.69 Å². The van der Waals surface area contributed by atoms with E-state index in [9.17, 15) is 14.4 Å².